The second kappa shape index (κ2) is 3.33. The van der Waals surface area contributed by atoms with Crippen molar-refractivity contribution in [2.75, 3.05) is 5.32 Å². The molecule has 0 radical (unpaired) electrons. The maximum absolute atomic E-state index is 7.45. The number of benzene rings is 1. The molecule has 1 fully saturated rings. The Morgan fingerprint density at radius 1 is 1.50 bits per heavy atom. The molecule has 2 rings (SSSR count). The summed E-state index contributed by atoms with van der Waals surface area (Å²) in [6.45, 7) is 2.04. The molecule has 4 N–H and O–H groups in total. The summed E-state index contributed by atoms with van der Waals surface area (Å²) in [5.41, 5.74) is 8.50. The van der Waals surface area contributed by atoms with Crippen LogP contribution in [0.1, 0.15) is 24.0 Å². The molecule has 1 aliphatic carbocycles. The predicted octanol–water partition coefficient (Wildman–Crippen LogP) is 1.85. The number of nitrogens with two attached hydrogens (primary N) is 1. The van der Waals surface area contributed by atoms with E-state index in [0.29, 0.717) is 6.04 Å². The minimum absolute atomic E-state index is 0.133. The van der Waals surface area contributed by atoms with Gasteiger partial charge in [0.15, 0.2) is 0 Å². The Morgan fingerprint density at radius 2 is 2.21 bits per heavy atom. The van der Waals surface area contributed by atoms with Crippen LogP contribution in [0.2, 0.25) is 0 Å². The molecule has 1 saturated carbocycles. The van der Waals surface area contributed by atoms with Crippen LogP contribution in [0.5, 0.6) is 0 Å². The smallest absolute Gasteiger partial charge is 0.124 e. The van der Waals surface area contributed by atoms with Gasteiger partial charge < -0.3 is 11.1 Å². The highest BCUT2D eigenvalue weighted by Gasteiger charge is 2.22. The molecule has 0 atom stereocenters. The maximum atomic E-state index is 7.45. The number of aryl methyl sites for hydroxylation is 1. The Balaban J connectivity index is 2.31. The summed E-state index contributed by atoms with van der Waals surface area (Å²) >= 11 is 0. The predicted molar refractivity (Wildman–Crippen MR) is 58.8 cm³/mol. The first-order valence-electron chi connectivity index (χ1n) is 4.88. The quantitative estimate of drug-likeness (QED) is 0.502. The van der Waals surface area contributed by atoms with E-state index in [1.807, 2.05) is 19.1 Å². The lowest BCUT2D eigenvalue weighted by atomic mass is 10.1. The SMILES string of the molecule is Cc1ccc(C(=N)N)c(NC2CC2)c1. The monoisotopic (exact) mass is 189 g/mol. The molecule has 0 spiro atoms. The second-order valence-electron chi connectivity index (χ2n) is 3.88. The first-order chi connectivity index (χ1) is 6.66. The van der Waals surface area contributed by atoms with Gasteiger partial charge in [-0.05, 0) is 37.5 Å². The minimum atomic E-state index is 0.133. The topological polar surface area (TPSA) is 61.9 Å². The van der Waals surface area contributed by atoms with Crippen molar-refractivity contribution in [3.8, 4) is 0 Å². The van der Waals surface area contributed by atoms with Crippen LogP contribution < -0.4 is 11.1 Å². The van der Waals surface area contributed by atoms with Gasteiger partial charge in [0.05, 0.1) is 0 Å². The summed E-state index contributed by atoms with van der Waals surface area (Å²) in [4.78, 5) is 0. The summed E-state index contributed by atoms with van der Waals surface area (Å²) in [5.74, 6) is 0.133. The third-order valence-corrected chi connectivity index (χ3v) is 2.40. The standard InChI is InChI=1S/C11H15N3/c1-7-2-5-9(11(12)13)10(6-7)14-8-3-4-8/h2,5-6,8,14H,3-4H2,1H3,(H3,12,13). The number of amidine groups is 1. The first-order valence-corrected chi connectivity index (χ1v) is 4.88. The van der Waals surface area contributed by atoms with Crippen LogP contribution in [0, 0.1) is 12.3 Å². The van der Waals surface area contributed by atoms with Gasteiger partial charge in [-0.15, -0.1) is 0 Å². The average Bonchev–Trinajstić information content (AvgIpc) is 2.87. The minimum Gasteiger partial charge on any atom is -0.384 e. The molecule has 0 heterocycles. The van der Waals surface area contributed by atoms with Crippen LogP contribution in [-0.4, -0.2) is 11.9 Å². The molecule has 0 amide bonds. The van der Waals surface area contributed by atoms with E-state index in [4.69, 9.17) is 11.1 Å². The molecular weight excluding hydrogens is 174 g/mol. The van der Waals surface area contributed by atoms with Crippen molar-refractivity contribution in [3.05, 3.63) is 29.3 Å². The molecule has 3 heteroatoms. The molecule has 14 heavy (non-hydrogen) atoms. The Morgan fingerprint density at radius 3 is 2.79 bits per heavy atom. The Bertz CT molecular complexity index is 367. The average molecular weight is 189 g/mol. The molecular formula is C11H15N3. The van der Waals surface area contributed by atoms with E-state index in [1.54, 1.807) is 0 Å². The zero-order valence-electron chi connectivity index (χ0n) is 8.30. The van der Waals surface area contributed by atoms with Gasteiger partial charge in [0.1, 0.15) is 5.84 Å². The zero-order valence-corrected chi connectivity index (χ0v) is 8.30. The van der Waals surface area contributed by atoms with Crippen LogP contribution in [-0.2, 0) is 0 Å². The molecule has 0 unspecified atom stereocenters. The zero-order chi connectivity index (χ0) is 10.1. The normalized spacial score (nSPS) is 15.2. The van der Waals surface area contributed by atoms with E-state index >= 15 is 0 Å². The fourth-order valence-electron chi connectivity index (χ4n) is 1.46. The number of hydrogen-bond donors (Lipinski definition) is 3. The molecule has 0 bridgehead atoms. The van der Waals surface area contributed by atoms with E-state index < -0.39 is 0 Å². The van der Waals surface area contributed by atoms with Gasteiger partial charge >= 0.3 is 0 Å². The van der Waals surface area contributed by atoms with Crippen LogP contribution in [0.3, 0.4) is 0 Å². The number of anilines is 1. The van der Waals surface area contributed by atoms with Crippen molar-refractivity contribution in [2.45, 2.75) is 25.8 Å². The van der Waals surface area contributed by atoms with Gasteiger partial charge in [0.25, 0.3) is 0 Å². The number of hydrogen-bond acceptors (Lipinski definition) is 2. The highest BCUT2D eigenvalue weighted by Crippen LogP contribution is 2.27. The van der Waals surface area contributed by atoms with Crippen molar-refractivity contribution in [1.29, 1.82) is 5.41 Å². The lowest BCUT2D eigenvalue weighted by molar-refractivity contribution is 1.15. The summed E-state index contributed by atoms with van der Waals surface area (Å²) in [7, 11) is 0. The summed E-state index contributed by atoms with van der Waals surface area (Å²) in [6.07, 6.45) is 2.45. The van der Waals surface area contributed by atoms with E-state index in [1.165, 1.54) is 18.4 Å². The maximum Gasteiger partial charge on any atom is 0.124 e. The Labute approximate surface area is 83.8 Å². The van der Waals surface area contributed by atoms with E-state index in [9.17, 15) is 0 Å². The van der Waals surface area contributed by atoms with Crippen LogP contribution in [0.25, 0.3) is 0 Å². The van der Waals surface area contributed by atoms with Crippen molar-refractivity contribution in [2.24, 2.45) is 5.73 Å². The Hall–Kier alpha value is -1.51. The van der Waals surface area contributed by atoms with E-state index in [2.05, 4.69) is 11.4 Å². The summed E-state index contributed by atoms with van der Waals surface area (Å²) in [5, 5.41) is 10.8. The highest BCUT2D eigenvalue weighted by molar-refractivity contribution is 6.00. The molecule has 1 aromatic carbocycles. The second-order valence-corrected chi connectivity index (χ2v) is 3.88. The van der Waals surface area contributed by atoms with Crippen LogP contribution in [0.4, 0.5) is 5.69 Å². The third kappa shape index (κ3) is 1.87. The fourth-order valence-corrected chi connectivity index (χ4v) is 1.46. The van der Waals surface area contributed by atoms with Gasteiger partial charge in [-0.1, -0.05) is 6.07 Å². The van der Waals surface area contributed by atoms with E-state index in [0.717, 1.165) is 11.3 Å². The molecule has 1 aromatic rings. The highest BCUT2D eigenvalue weighted by atomic mass is 15.0. The Kier molecular flexibility index (Phi) is 2.15. The molecule has 74 valence electrons. The molecule has 0 saturated heterocycles. The summed E-state index contributed by atoms with van der Waals surface area (Å²) in [6, 6.07) is 6.53. The molecule has 0 aliphatic heterocycles. The van der Waals surface area contributed by atoms with E-state index in [-0.39, 0.29) is 5.84 Å². The van der Waals surface area contributed by atoms with Crippen molar-refractivity contribution in [1.82, 2.24) is 0 Å². The lowest BCUT2D eigenvalue weighted by Crippen LogP contribution is -2.15. The first kappa shape index (κ1) is 9.06. The fraction of sp³-hybridized carbons (Fsp3) is 0.364. The lowest BCUT2D eigenvalue weighted by Gasteiger charge is -2.11. The van der Waals surface area contributed by atoms with Crippen molar-refractivity contribution < 1.29 is 0 Å². The van der Waals surface area contributed by atoms with Crippen molar-refractivity contribution >= 4 is 11.5 Å². The molecule has 3 nitrogen and oxygen atoms in total. The third-order valence-electron chi connectivity index (χ3n) is 2.40. The van der Waals surface area contributed by atoms with Crippen LogP contribution in [0.15, 0.2) is 18.2 Å². The van der Waals surface area contributed by atoms with Gasteiger partial charge in [0.2, 0.25) is 0 Å². The van der Waals surface area contributed by atoms with Gasteiger partial charge in [0, 0.05) is 17.3 Å². The molecule has 0 aromatic heterocycles. The molecule has 1 aliphatic rings. The number of nitrogen functional groups attached to an aromatic ring is 1. The van der Waals surface area contributed by atoms with Crippen LogP contribution >= 0.6 is 0 Å². The number of rotatable bonds is 3. The van der Waals surface area contributed by atoms with Gasteiger partial charge in [-0.2, -0.15) is 0 Å². The summed E-state index contributed by atoms with van der Waals surface area (Å²) < 4.78 is 0. The largest absolute Gasteiger partial charge is 0.384 e. The van der Waals surface area contributed by atoms with Gasteiger partial charge in [-0.3, -0.25) is 5.41 Å². The van der Waals surface area contributed by atoms with Gasteiger partial charge in [-0.25, -0.2) is 0 Å². The number of nitrogens with one attached hydrogen (secondary N) is 2. The van der Waals surface area contributed by atoms with Crippen molar-refractivity contribution in [3.63, 3.8) is 0 Å².